The van der Waals surface area contributed by atoms with E-state index in [1.54, 1.807) is 0 Å². The number of fused-ring (bicyclic) bond motifs is 1. The normalized spacial score (nSPS) is 21.7. The number of halogens is 5. The third-order valence-electron chi connectivity index (χ3n) is 7.91. The van der Waals surface area contributed by atoms with Gasteiger partial charge in [0.15, 0.2) is 17.1 Å². The molecule has 1 amide bonds. The van der Waals surface area contributed by atoms with Crippen LogP contribution >= 0.6 is 11.8 Å². The van der Waals surface area contributed by atoms with Crippen molar-refractivity contribution < 1.29 is 64.4 Å². The molecular weight excluding hydrogens is 710 g/mol. The van der Waals surface area contributed by atoms with Crippen LogP contribution in [0.1, 0.15) is 68.0 Å². The standard InChI is InChI=1S/C41H40F5N3O3S/c1-27-22-30(14-15-34(27)41(44,45)46)29-12-10-28(11-13-29)24-48(32-16-18-47(19-17-32)20-21-52-2)38(51)25-49-36-9-4-3-7-33(36)37(50)23-39(49)53-26-31-6-5-8-35(42)40(31)43/h3-15,22-23,32H,16-21,24-26H2,1-2H3/i2D3,3D,4D,5D,6D,7D,8D,9D,10D,11D,12D,13D,14D,15D,20D2,21D2,22D,23D,25D2. The second-order valence-corrected chi connectivity index (χ2v) is 12.2. The molecule has 1 aromatic heterocycles. The molecule has 5 aromatic rings. The van der Waals surface area contributed by atoms with E-state index in [1.807, 2.05) is 0 Å². The Morgan fingerprint density at radius 3 is 2.47 bits per heavy atom. The molecular formula is C41H40F5N3O3S. The van der Waals surface area contributed by atoms with E-state index in [9.17, 15) is 25.1 Å². The predicted molar refractivity (Wildman–Crippen MR) is 198 cm³/mol. The summed E-state index contributed by atoms with van der Waals surface area (Å²) in [4.78, 5) is 30.7. The topological polar surface area (TPSA) is 54.8 Å². The Labute approximate surface area is 342 Å². The summed E-state index contributed by atoms with van der Waals surface area (Å²) in [7, 11) is -3.47. The van der Waals surface area contributed by atoms with E-state index in [2.05, 4.69) is 4.74 Å². The fourth-order valence-corrected chi connectivity index (χ4v) is 6.24. The summed E-state index contributed by atoms with van der Waals surface area (Å²) in [6.07, 6.45) is -6.36. The van der Waals surface area contributed by atoms with Crippen LogP contribution in [0.3, 0.4) is 0 Å². The van der Waals surface area contributed by atoms with Gasteiger partial charge in [0.25, 0.3) is 0 Å². The van der Waals surface area contributed by atoms with Gasteiger partial charge in [-0.2, -0.15) is 13.2 Å². The second kappa shape index (κ2) is 16.7. The quantitative estimate of drug-likeness (QED) is 0.0939. The molecule has 0 saturated carbocycles. The lowest BCUT2D eigenvalue weighted by atomic mass is 9.98. The highest BCUT2D eigenvalue weighted by Crippen LogP contribution is 2.34. The van der Waals surface area contributed by atoms with Gasteiger partial charge in [-0.1, -0.05) is 60.4 Å². The summed E-state index contributed by atoms with van der Waals surface area (Å²) in [6, 6.07) is -19.4. The van der Waals surface area contributed by atoms with Crippen molar-refractivity contribution in [1.29, 1.82) is 0 Å². The Kier molecular flexibility index (Phi) is 5.72. The highest BCUT2D eigenvalue weighted by Gasteiger charge is 2.32. The summed E-state index contributed by atoms with van der Waals surface area (Å²) >= 11 is 0.0404. The Balaban J connectivity index is 1.61. The zero-order valence-corrected chi connectivity index (χ0v) is 28.0. The lowest BCUT2D eigenvalue weighted by molar-refractivity contribution is -0.138. The van der Waals surface area contributed by atoms with Gasteiger partial charge in [0, 0.05) is 64.7 Å². The molecule has 0 bridgehead atoms. The van der Waals surface area contributed by atoms with E-state index in [-0.39, 0.29) is 16.3 Å². The number of carbonyl (C=O) groups excluding carboxylic acids is 1. The van der Waals surface area contributed by atoms with Crippen molar-refractivity contribution in [3.63, 3.8) is 0 Å². The van der Waals surface area contributed by atoms with Gasteiger partial charge in [0.1, 0.15) is 6.50 Å². The fourth-order valence-electron chi connectivity index (χ4n) is 5.33. The molecule has 0 atom stereocenters. The molecule has 0 unspecified atom stereocenters. The molecule has 1 aliphatic heterocycles. The number of pyridine rings is 1. The Morgan fingerprint density at radius 1 is 1.00 bits per heavy atom. The van der Waals surface area contributed by atoms with Crippen molar-refractivity contribution in [2.24, 2.45) is 0 Å². The molecule has 6 rings (SSSR count). The number of ether oxygens (including phenoxy) is 1. The monoisotopic (exact) mass is 773 g/mol. The zero-order chi connectivity index (χ0) is 58.6. The van der Waals surface area contributed by atoms with Gasteiger partial charge in [0.05, 0.1) is 52.8 Å². The number of hydrogen-bond acceptors (Lipinski definition) is 5. The van der Waals surface area contributed by atoms with Crippen LogP contribution in [-0.4, -0.2) is 59.5 Å². The first-order valence-corrected chi connectivity index (χ1v) is 16.3. The molecule has 0 radical (unpaired) electrons. The summed E-state index contributed by atoms with van der Waals surface area (Å²) < 4.78 is 279. The Bertz CT molecular complexity index is 3260. The predicted octanol–water partition coefficient (Wildman–Crippen LogP) is 8.71. The summed E-state index contributed by atoms with van der Waals surface area (Å²) in [5, 5.41) is -2.15. The van der Waals surface area contributed by atoms with E-state index in [4.69, 9.17) is 30.2 Å². The molecule has 0 N–H and O–H groups in total. The second-order valence-electron chi connectivity index (χ2n) is 11.3. The molecule has 2 heterocycles. The van der Waals surface area contributed by atoms with Gasteiger partial charge in [-0.15, -0.1) is 11.8 Å². The number of benzene rings is 4. The number of rotatable bonds is 12. The molecule has 53 heavy (non-hydrogen) atoms. The number of para-hydroxylation sites is 1. The van der Waals surface area contributed by atoms with Crippen LogP contribution in [0.4, 0.5) is 22.0 Å². The molecule has 0 aliphatic carbocycles. The van der Waals surface area contributed by atoms with Crippen molar-refractivity contribution in [2.75, 3.05) is 33.2 Å². The molecule has 4 aromatic carbocycles. The highest BCUT2D eigenvalue weighted by molar-refractivity contribution is 7.98. The van der Waals surface area contributed by atoms with Crippen molar-refractivity contribution in [2.45, 2.75) is 55.8 Å². The number of alkyl halides is 3. The zero-order valence-electron chi connectivity index (χ0n) is 51.2. The average Bonchev–Trinajstić information content (AvgIpc) is 3.33. The van der Waals surface area contributed by atoms with Crippen LogP contribution in [0.25, 0.3) is 22.0 Å². The molecule has 12 heteroatoms. The van der Waals surface area contributed by atoms with Crippen molar-refractivity contribution >= 4 is 28.6 Å². The van der Waals surface area contributed by atoms with E-state index >= 15 is 9.18 Å². The highest BCUT2D eigenvalue weighted by atomic mass is 32.2. The first-order chi connectivity index (χ1) is 35.1. The van der Waals surface area contributed by atoms with E-state index < -0.39 is 240 Å². The van der Waals surface area contributed by atoms with Gasteiger partial charge in [-0.25, -0.2) is 8.78 Å². The molecule has 0 spiro atoms. The van der Waals surface area contributed by atoms with Gasteiger partial charge in [-0.3, -0.25) is 9.59 Å². The minimum absolute atomic E-state index is 0.0404. The molecule has 1 saturated heterocycles. The number of nitrogens with zero attached hydrogens (tertiary/aromatic N) is 3. The largest absolute Gasteiger partial charge is 0.416 e. The van der Waals surface area contributed by atoms with E-state index in [0.717, 1.165) is 11.8 Å². The number of thioether (sulfide) groups is 1. The summed E-state index contributed by atoms with van der Waals surface area (Å²) in [5.74, 6) is -6.72. The Morgan fingerprint density at radius 2 is 1.74 bits per heavy atom. The third kappa shape index (κ3) is 9.00. The van der Waals surface area contributed by atoms with Gasteiger partial charge in [0.2, 0.25) is 5.91 Å². The van der Waals surface area contributed by atoms with Crippen LogP contribution in [0.2, 0.25) is 0 Å². The van der Waals surface area contributed by atoms with E-state index in [1.165, 1.54) is 0 Å². The third-order valence-corrected chi connectivity index (χ3v) is 8.90. The molecule has 6 nitrogen and oxygen atoms in total. The summed E-state index contributed by atoms with van der Waals surface area (Å²) in [6.45, 7) is -12.5. The first kappa shape index (κ1) is 18.2. The van der Waals surface area contributed by atoms with Crippen molar-refractivity contribution in [1.82, 2.24) is 14.4 Å². The number of methoxy groups -OCH3 is 1. The maximum absolute atomic E-state index is 15.5. The summed E-state index contributed by atoms with van der Waals surface area (Å²) in [5.41, 5.74) is -8.92. The Hall–Kier alpha value is -4.52. The lowest BCUT2D eigenvalue weighted by Crippen LogP contribution is -2.48. The van der Waals surface area contributed by atoms with E-state index in [0.29, 0.717) is 4.90 Å². The van der Waals surface area contributed by atoms with Gasteiger partial charge >= 0.3 is 6.18 Å². The minimum atomic E-state index is -5.26. The van der Waals surface area contributed by atoms with Crippen molar-refractivity contribution in [3.05, 3.63) is 135 Å². The minimum Gasteiger partial charge on any atom is -0.383 e. The first-order valence-electron chi connectivity index (χ1n) is 27.4. The number of likely N-dealkylation sites (tertiary alicyclic amines) is 1. The molecule has 1 fully saturated rings. The number of aromatic nitrogens is 1. The SMILES string of the molecule is [2H]c1c([2H])c(F)c(F)c(CSc2c([2H])c(=O)c3c([2H])c([2H])c([2H])c([2H])c3n2C([2H])([2H])C(=O)N(Cc2c([2H])c([2H])c(-c3c([2H])c([2H])c(C(F)(F)F)c(C)c3[2H])c([2H])c2[2H])C2CCN(C([2H])([2H])C([2H])([2H])OC([2H])([2H])[2H])CC2)c1[2H]. The van der Waals surface area contributed by atoms with Crippen LogP contribution in [0.15, 0.2) is 100 Å². The smallest absolute Gasteiger partial charge is 0.383 e. The van der Waals surface area contributed by atoms with Gasteiger partial charge in [-0.05, 0) is 66.2 Å². The number of carbonyl (C=O) groups is 1. The maximum Gasteiger partial charge on any atom is 0.416 e. The van der Waals surface area contributed by atoms with Crippen LogP contribution in [-0.2, 0) is 34.5 Å². The van der Waals surface area contributed by atoms with Crippen LogP contribution in [0, 0.1) is 18.6 Å². The molecule has 1 aliphatic rings. The fraction of sp³-hybridized carbons (Fsp3) is 0.317. The molecule has 278 valence electrons. The number of amides is 1. The maximum atomic E-state index is 15.5. The number of piperidine rings is 1. The number of hydrogen-bond donors (Lipinski definition) is 0. The average molecular weight is 774 g/mol. The lowest BCUT2D eigenvalue weighted by Gasteiger charge is -2.39. The van der Waals surface area contributed by atoms with Crippen LogP contribution < -0.4 is 5.43 Å². The van der Waals surface area contributed by atoms with Crippen LogP contribution in [0.5, 0.6) is 0 Å². The van der Waals surface area contributed by atoms with Gasteiger partial charge < -0.3 is 19.1 Å². The van der Waals surface area contributed by atoms with Crippen molar-refractivity contribution in [3.8, 4) is 11.1 Å².